The highest BCUT2D eigenvalue weighted by atomic mass is 32.1. The van der Waals surface area contributed by atoms with E-state index in [0.29, 0.717) is 6.42 Å². The lowest BCUT2D eigenvalue weighted by Gasteiger charge is -2.26. The van der Waals surface area contributed by atoms with Gasteiger partial charge in [0.15, 0.2) is 0 Å². The SMILES string of the molecule is CC(C)(N)CC(=O)NC(C)(C)c1nccs1. The summed E-state index contributed by atoms with van der Waals surface area (Å²) in [6.07, 6.45) is 2.04. The lowest BCUT2D eigenvalue weighted by atomic mass is 10.00. The molecule has 1 heterocycles. The molecule has 3 N–H and O–H groups in total. The second-order valence-corrected chi connectivity index (χ2v) is 6.07. The number of aromatic nitrogens is 1. The minimum absolute atomic E-state index is 0.0484. The highest BCUT2D eigenvalue weighted by Crippen LogP contribution is 2.22. The van der Waals surface area contributed by atoms with Gasteiger partial charge in [0.1, 0.15) is 5.01 Å². The Hall–Kier alpha value is -0.940. The quantitative estimate of drug-likeness (QED) is 0.841. The maximum absolute atomic E-state index is 11.8. The third-order valence-corrected chi connectivity index (χ3v) is 3.13. The van der Waals surface area contributed by atoms with E-state index in [4.69, 9.17) is 5.73 Å². The van der Waals surface area contributed by atoms with Gasteiger partial charge in [-0.1, -0.05) is 0 Å². The first-order valence-electron chi connectivity index (χ1n) is 5.20. The van der Waals surface area contributed by atoms with Crippen molar-refractivity contribution in [1.29, 1.82) is 0 Å². The number of nitrogens with zero attached hydrogens (tertiary/aromatic N) is 1. The van der Waals surface area contributed by atoms with Gasteiger partial charge in [0.2, 0.25) is 5.91 Å². The molecule has 0 radical (unpaired) electrons. The van der Waals surface area contributed by atoms with Gasteiger partial charge >= 0.3 is 0 Å². The average molecular weight is 241 g/mol. The summed E-state index contributed by atoms with van der Waals surface area (Å²) in [4.78, 5) is 16.0. The van der Waals surface area contributed by atoms with E-state index in [2.05, 4.69) is 10.3 Å². The van der Waals surface area contributed by atoms with Gasteiger partial charge in [-0.25, -0.2) is 4.98 Å². The monoisotopic (exact) mass is 241 g/mol. The van der Waals surface area contributed by atoms with Crippen LogP contribution >= 0.6 is 11.3 Å². The number of hydrogen-bond donors (Lipinski definition) is 2. The Labute approximate surface area is 100 Å². The molecule has 0 aliphatic rings. The van der Waals surface area contributed by atoms with Crippen LogP contribution in [0.3, 0.4) is 0 Å². The van der Waals surface area contributed by atoms with Crippen LogP contribution in [0.25, 0.3) is 0 Å². The fourth-order valence-electron chi connectivity index (χ4n) is 1.39. The van der Waals surface area contributed by atoms with E-state index in [0.717, 1.165) is 5.01 Å². The number of rotatable bonds is 4. The Balaban J connectivity index is 2.64. The van der Waals surface area contributed by atoms with Crippen LogP contribution in [0.2, 0.25) is 0 Å². The molecule has 0 bridgehead atoms. The molecular weight excluding hydrogens is 222 g/mol. The summed E-state index contributed by atoms with van der Waals surface area (Å²) in [5, 5.41) is 5.74. The van der Waals surface area contributed by atoms with Gasteiger partial charge in [0.25, 0.3) is 0 Å². The third kappa shape index (κ3) is 3.90. The van der Waals surface area contributed by atoms with Crippen LogP contribution in [0, 0.1) is 0 Å². The molecule has 0 aliphatic carbocycles. The smallest absolute Gasteiger partial charge is 0.222 e. The largest absolute Gasteiger partial charge is 0.345 e. The van der Waals surface area contributed by atoms with Gasteiger partial charge in [-0.2, -0.15) is 0 Å². The van der Waals surface area contributed by atoms with Crippen molar-refractivity contribution in [3.8, 4) is 0 Å². The topological polar surface area (TPSA) is 68.0 Å². The molecule has 0 saturated carbocycles. The minimum Gasteiger partial charge on any atom is -0.345 e. The summed E-state index contributed by atoms with van der Waals surface area (Å²) in [5.74, 6) is -0.0484. The van der Waals surface area contributed by atoms with E-state index in [1.165, 1.54) is 11.3 Å². The molecule has 0 aliphatic heterocycles. The fraction of sp³-hybridized carbons (Fsp3) is 0.636. The first kappa shape index (κ1) is 13.1. The van der Waals surface area contributed by atoms with E-state index in [9.17, 15) is 4.79 Å². The molecule has 1 aromatic rings. The summed E-state index contributed by atoms with van der Waals surface area (Å²) >= 11 is 1.53. The first-order chi connectivity index (χ1) is 7.21. The number of hydrogen-bond acceptors (Lipinski definition) is 4. The summed E-state index contributed by atoms with van der Waals surface area (Å²) in [5.41, 5.74) is 4.88. The van der Waals surface area contributed by atoms with Gasteiger partial charge in [0.05, 0.1) is 5.54 Å². The van der Waals surface area contributed by atoms with Crippen molar-refractivity contribution in [3.05, 3.63) is 16.6 Å². The predicted octanol–water partition coefficient (Wildman–Crippen LogP) is 1.62. The summed E-state index contributed by atoms with van der Waals surface area (Å²) in [6.45, 7) is 7.55. The molecule has 16 heavy (non-hydrogen) atoms. The number of amides is 1. The Kier molecular flexibility index (Phi) is 3.70. The molecule has 5 heteroatoms. The van der Waals surface area contributed by atoms with Gasteiger partial charge in [-0.3, -0.25) is 4.79 Å². The van der Waals surface area contributed by atoms with E-state index < -0.39 is 11.1 Å². The molecule has 0 spiro atoms. The van der Waals surface area contributed by atoms with Crippen LogP contribution in [0.4, 0.5) is 0 Å². The van der Waals surface area contributed by atoms with Crippen molar-refractivity contribution in [2.45, 2.75) is 45.2 Å². The molecule has 0 atom stereocenters. The Morgan fingerprint density at radius 1 is 1.50 bits per heavy atom. The fourth-order valence-corrected chi connectivity index (χ4v) is 2.11. The zero-order chi connectivity index (χ0) is 12.4. The van der Waals surface area contributed by atoms with E-state index in [1.807, 2.05) is 33.1 Å². The first-order valence-corrected chi connectivity index (χ1v) is 6.08. The Morgan fingerprint density at radius 3 is 2.56 bits per heavy atom. The van der Waals surface area contributed by atoms with Crippen LogP contribution < -0.4 is 11.1 Å². The molecular formula is C11H19N3OS. The van der Waals surface area contributed by atoms with Gasteiger partial charge in [0, 0.05) is 23.5 Å². The number of thiazole rings is 1. The molecule has 0 fully saturated rings. The lowest BCUT2D eigenvalue weighted by molar-refractivity contribution is -0.123. The highest BCUT2D eigenvalue weighted by Gasteiger charge is 2.27. The normalized spacial score (nSPS) is 12.6. The lowest BCUT2D eigenvalue weighted by Crippen LogP contribution is -2.45. The van der Waals surface area contributed by atoms with Crippen molar-refractivity contribution < 1.29 is 4.79 Å². The second kappa shape index (κ2) is 4.51. The second-order valence-electron chi connectivity index (χ2n) is 5.18. The van der Waals surface area contributed by atoms with E-state index >= 15 is 0 Å². The summed E-state index contributed by atoms with van der Waals surface area (Å²) < 4.78 is 0. The third-order valence-electron chi connectivity index (χ3n) is 2.04. The maximum Gasteiger partial charge on any atom is 0.222 e. The van der Waals surface area contributed by atoms with Crippen LogP contribution in [0.1, 0.15) is 39.1 Å². The van der Waals surface area contributed by atoms with Crippen molar-refractivity contribution in [1.82, 2.24) is 10.3 Å². The number of nitrogens with two attached hydrogens (primary N) is 1. The minimum atomic E-state index is -0.483. The highest BCUT2D eigenvalue weighted by molar-refractivity contribution is 7.09. The number of carbonyl (C=O) groups is 1. The molecule has 1 aromatic heterocycles. The van der Waals surface area contributed by atoms with Crippen LogP contribution in [-0.4, -0.2) is 16.4 Å². The predicted molar refractivity (Wildman–Crippen MR) is 66.2 cm³/mol. The molecule has 0 unspecified atom stereocenters. The molecule has 1 amide bonds. The standard InChI is InChI=1S/C11H19N3OS/c1-10(2,12)7-8(15)14-11(3,4)9-13-5-6-16-9/h5-6H,7,12H2,1-4H3,(H,14,15). The van der Waals surface area contributed by atoms with E-state index in [-0.39, 0.29) is 5.91 Å². The van der Waals surface area contributed by atoms with Crippen LogP contribution in [0.5, 0.6) is 0 Å². The van der Waals surface area contributed by atoms with Crippen molar-refractivity contribution in [2.24, 2.45) is 5.73 Å². The van der Waals surface area contributed by atoms with Crippen molar-refractivity contribution in [2.75, 3.05) is 0 Å². The van der Waals surface area contributed by atoms with Gasteiger partial charge in [-0.05, 0) is 27.7 Å². The van der Waals surface area contributed by atoms with Crippen LogP contribution in [0.15, 0.2) is 11.6 Å². The van der Waals surface area contributed by atoms with Crippen LogP contribution in [-0.2, 0) is 10.3 Å². The van der Waals surface area contributed by atoms with Gasteiger partial charge < -0.3 is 11.1 Å². The van der Waals surface area contributed by atoms with Crippen molar-refractivity contribution >= 4 is 17.2 Å². The molecule has 90 valence electrons. The Bertz CT molecular complexity index is 352. The average Bonchev–Trinajstić information content (AvgIpc) is 2.49. The molecule has 0 saturated heterocycles. The summed E-state index contributed by atoms with van der Waals surface area (Å²) in [6, 6.07) is 0. The molecule has 4 nitrogen and oxygen atoms in total. The maximum atomic E-state index is 11.8. The zero-order valence-electron chi connectivity index (χ0n) is 10.2. The summed E-state index contributed by atoms with van der Waals surface area (Å²) in [7, 11) is 0. The number of carbonyl (C=O) groups excluding carboxylic acids is 1. The Morgan fingerprint density at radius 2 is 2.12 bits per heavy atom. The van der Waals surface area contributed by atoms with Crippen molar-refractivity contribution in [3.63, 3.8) is 0 Å². The van der Waals surface area contributed by atoms with E-state index in [1.54, 1.807) is 6.20 Å². The molecule has 1 rings (SSSR count). The zero-order valence-corrected chi connectivity index (χ0v) is 11.0. The van der Waals surface area contributed by atoms with Gasteiger partial charge in [-0.15, -0.1) is 11.3 Å². The number of nitrogens with one attached hydrogen (secondary N) is 1. The molecule has 0 aromatic carbocycles.